The van der Waals surface area contributed by atoms with Crippen molar-refractivity contribution in [1.29, 1.82) is 0 Å². The van der Waals surface area contributed by atoms with Gasteiger partial charge in [0.15, 0.2) is 23.5 Å². The summed E-state index contributed by atoms with van der Waals surface area (Å²) in [4.78, 5) is 11.2. The van der Waals surface area contributed by atoms with Gasteiger partial charge in [0.1, 0.15) is 6.10 Å². The normalized spacial score (nSPS) is 13.8. The van der Waals surface area contributed by atoms with Gasteiger partial charge in [0.2, 0.25) is 0 Å². The quantitative estimate of drug-likeness (QED) is 0.782. The molecule has 0 fully saturated rings. The van der Waals surface area contributed by atoms with Crippen molar-refractivity contribution in [3.63, 3.8) is 0 Å². The third-order valence-corrected chi connectivity index (χ3v) is 2.39. The van der Waals surface area contributed by atoms with Crippen LogP contribution in [0, 0.1) is 11.6 Å². The number of aliphatic hydroxyl groups is 2. The van der Waals surface area contributed by atoms with Crippen molar-refractivity contribution in [3.05, 3.63) is 29.3 Å². The number of hydrogen-bond acceptors (Lipinski definition) is 5. The molecule has 0 aliphatic rings. The van der Waals surface area contributed by atoms with E-state index in [1.807, 2.05) is 0 Å². The Kier molecular flexibility index (Phi) is 5.20. The molecule has 19 heavy (non-hydrogen) atoms. The van der Waals surface area contributed by atoms with E-state index in [-0.39, 0.29) is 12.2 Å². The first kappa shape index (κ1) is 15.3. The summed E-state index contributed by atoms with van der Waals surface area (Å²) in [6, 6.07) is 1.55. The topological polar surface area (TPSA) is 76.0 Å². The molecular weight excluding hydrogens is 262 g/mol. The van der Waals surface area contributed by atoms with E-state index in [1.165, 1.54) is 6.92 Å². The van der Waals surface area contributed by atoms with Crippen LogP contribution in [0.1, 0.15) is 18.6 Å². The van der Waals surface area contributed by atoms with Crippen molar-refractivity contribution in [3.8, 4) is 5.75 Å². The monoisotopic (exact) mass is 276 g/mol. The highest BCUT2D eigenvalue weighted by Gasteiger charge is 2.28. The Bertz CT molecular complexity index is 440. The van der Waals surface area contributed by atoms with E-state index in [2.05, 4.69) is 9.47 Å². The molecule has 0 saturated carbocycles. The van der Waals surface area contributed by atoms with Crippen molar-refractivity contribution < 1.29 is 33.3 Å². The molecule has 0 radical (unpaired) electrons. The summed E-state index contributed by atoms with van der Waals surface area (Å²) in [5, 5.41) is 19.2. The molecule has 2 atom stereocenters. The van der Waals surface area contributed by atoms with Crippen LogP contribution in [0.2, 0.25) is 0 Å². The van der Waals surface area contributed by atoms with Crippen LogP contribution in [0.3, 0.4) is 0 Å². The van der Waals surface area contributed by atoms with Gasteiger partial charge in [0.05, 0.1) is 13.7 Å². The number of ether oxygens (including phenoxy) is 2. The van der Waals surface area contributed by atoms with Crippen molar-refractivity contribution >= 4 is 5.97 Å². The summed E-state index contributed by atoms with van der Waals surface area (Å²) in [6.45, 7) is 1.53. The van der Waals surface area contributed by atoms with Gasteiger partial charge in [-0.15, -0.1) is 0 Å². The van der Waals surface area contributed by atoms with Gasteiger partial charge in [-0.1, -0.05) is 0 Å². The number of carbonyl (C=O) groups excluding carboxylic acids is 1. The molecule has 5 nitrogen and oxygen atoms in total. The van der Waals surface area contributed by atoms with Crippen LogP contribution in [-0.2, 0) is 9.53 Å². The van der Waals surface area contributed by atoms with Crippen LogP contribution in [-0.4, -0.2) is 36.0 Å². The Morgan fingerprint density at radius 3 is 2.26 bits per heavy atom. The van der Waals surface area contributed by atoms with Crippen molar-refractivity contribution in [2.45, 2.75) is 19.1 Å². The van der Waals surface area contributed by atoms with E-state index in [0.29, 0.717) is 0 Å². The van der Waals surface area contributed by atoms with Crippen LogP contribution in [0.5, 0.6) is 5.75 Å². The maximum absolute atomic E-state index is 13.4. The van der Waals surface area contributed by atoms with Crippen LogP contribution in [0.25, 0.3) is 0 Å². The summed E-state index contributed by atoms with van der Waals surface area (Å²) in [5.74, 6) is -3.78. The third-order valence-electron chi connectivity index (χ3n) is 2.39. The van der Waals surface area contributed by atoms with E-state index < -0.39 is 35.6 Å². The highest BCUT2D eigenvalue weighted by molar-refractivity contribution is 5.75. The second-order valence-electron chi connectivity index (χ2n) is 3.66. The number of hydrogen-bond donors (Lipinski definition) is 2. The number of rotatable bonds is 5. The molecule has 0 aliphatic heterocycles. The highest BCUT2D eigenvalue weighted by atomic mass is 19.1. The second-order valence-corrected chi connectivity index (χ2v) is 3.66. The first-order valence-corrected chi connectivity index (χ1v) is 5.48. The van der Waals surface area contributed by atoms with Gasteiger partial charge in [-0.3, -0.25) is 0 Å². The second kappa shape index (κ2) is 6.44. The van der Waals surface area contributed by atoms with E-state index in [4.69, 9.17) is 0 Å². The number of halogens is 2. The van der Waals surface area contributed by atoms with Gasteiger partial charge < -0.3 is 19.7 Å². The molecule has 0 amide bonds. The number of methoxy groups -OCH3 is 1. The highest BCUT2D eigenvalue weighted by Crippen LogP contribution is 2.27. The summed E-state index contributed by atoms with van der Waals surface area (Å²) in [7, 11) is 1.09. The molecule has 0 saturated heterocycles. The van der Waals surface area contributed by atoms with Crippen molar-refractivity contribution in [2.24, 2.45) is 0 Å². The molecule has 106 valence electrons. The van der Waals surface area contributed by atoms with Crippen LogP contribution >= 0.6 is 0 Å². The molecule has 1 aromatic rings. The van der Waals surface area contributed by atoms with Crippen LogP contribution in [0.4, 0.5) is 8.78 Å². The van der Waals surface area contributed by atoms with Crippen molar-refractivity contribution in [1.82, 2.24) is 0 Å². The molecule has 0 aromatic heterocycles. The molecule has 0 heterocycles. The zero-order valence-corrected chi connectivity index (χ0v) is 10.4. The Morgan fingerprint density at radius 2 is 1.84 bits per heavy atom. The lowest BCUT2D eigenvalue weighted by Gasteiger charge is -2.17. The molecule has 0 spiro atoms. The molecule has 0 aliphatic carbocycles. The number of esters is 1. The fraction of sp³-hybridized carbons (Fsp3) is 0.417. The maximum Gasteiger partial charge on any atom is 0.338 e. The minimum atomic E-state index is -1.92. The predicted molar refractivity (Wildman–Crippen MR) is 60.5 cm³/mol. The Hall–Kier alpha value is -1.73. The van der Waals surface area contributed by atoms with Gasteiger partial charge in [-0.25, -0.2) is 13.6 Å². The van der Waals surface area contributed by atoms with Crippen molar-refractivity contribution in [2.75, 3.05) is 13.7 Å². The molecule has 7 heteroatoms. The largest absolute Gasteiger partial charge is 0.491 e. The lowest BCUT2D eigenvalue weighted by atomic mass is 10.0. The number of aliphatic hydroxyl groups excluding tert-OH is 2. The average Bonchev–Trinajstić information content (AvgIpc) is 2.36. The van der Waals surface area contributed by atoms with E-state index in [1.54, 1.807) is 0 Å². The molecule has 1 rings (SSSR count). The first-order valence-electron chi connectivity index (χ1n) is 5.48. The van der Waals surface area contributed by atoms with Gasteiger partial charge in [0, 0.05) is 0 Å². The minimum Gasteiger partial charge on any atom is -0.491 e. The Labute approximate surface area is 108 Å². The third kappa shape index (κ3) is 3.39. The van der Waals surface area contributed by atoms with E-state index in [9.17, 15) is 23.8 Å². The smallest absolute Gasteiger partial charge is 0.338 e. The summed E-state index contributed by atoms with van der Waals surface area (Å²) >= 11 is 0. The van der Waals surface area contributed by atoms with Crippen LogP contribution < -0.4 is 4.74 Å². The minimum absolute atomic E-state index is 0.00789. The Balaban J connectivity index is 3.00. The molecule has 0 bridgehead atoms. The van der Waals surface area contributed by atoms with Gasteiger partial charge in [-0.05, 0) is 24.6 Å². The van der Waals surface area contributed by atoms with E-state index >= 15 is 0 Å². The van der Waals surface area contributed by atoms with Gasteiger partial charge >= 0.3 is 5.97 Å². The summed E-state index contributed by atoms with van der Waals surface area (Å²) in [5.41, 5.74) is -0.295. The standard InChI is InChI=1S/C12H14F2O5/c1-3-19-12(17)10(16)9(15)6-4-7(13)11(18-2)8(14)5-6/h4-5,9-10,15-16H,3H2,1-2H3. The van der Waals surface area contributed by atoms with Crippen LogP contribution in [0.15, 0.2) is 12.1 Å². The van der Waals surface area contributed by atoms with E-state index in [0.717, 1.165) is 19.2 Å². The maximum atomic E-state index is 13.4. The number of benzene rings is 1. The number of carbonyl (C=O) groups is 1. The lowest BCUT2D eigenvalue weighted by Crippen LogP contribution is -2.30. The molecule has 2 unspecified atom stereocenters. The zero-order valence-electron chi connectivity index (χ0n) is 10.4. The van der Waals surface area contributed by atoms with Gasteiger partial charge in [0.25, 0.3) is 0 Å². The molecule has 2 N–H and O–H groups in total. The fourth-order valence-corrected chi connectivity index (χ4v) is 1.48. The zero-order chi connectivity index (χ0) is 14.6. The average molecular weight is 276 g/mol. The first-order chi connectivity index (χ1) is 8.92. The lowest BCUT2D eigenvalue weighted by molar-refractivity contribution is -0.159. The SMILES string of the molecule is CCOC(=O)C(O)C(O)c1cc(F)c(OC)c(F)c1. The summed E-state index contributed by atoms with van der Waals surface area (Å²) < 4.78 is 35.8. The summed E-state index contributed by atoms with van der Waals surface area (Å²) in [6.07, 6.45) is -3.72. The molecule has 1 aromatic carbocycles. The predicted octanol–water partition coefficient (Wildman–Crippen LogP) is 0.931. The molecular formula is C12H14F2O5. The Morgan fingerprint density at radius 1 is 1.32 bits per heavy atom. The fourth-order valence-electron chi connectivity index (χ4n) is 1.48. The van der Waals surface area contributed by atoms with Gasteiger partial charge in [-0.2, -0.15) is 0 Å².